The van der Waals surface area contributed by atoms with Gasteiger partial charge in [0.1, 0.15) is 13.2 Å². The maximum atomic E-state index is 11.7. The molecule has 0 spiro atoms. The van der Waals surface area contributed by atoms with Crippen molar-refractivity contribution in [2.45, 2.75) is 25.7 Å². The molecule has 0 unspecified atom stereocenters. The van der Waals surface area contributed by atoms with E-state index < -0.39 is 0 Å². The van der Waals surface area contributed by atoms with Crippen LogP contribution >= 0.6 is 0 Å². The third kappa shape index (κ3) is 5.92. The first-order valence-corrected chi connectivity index (χ1v) is 9.02. The molecule has 0 heterocycles. The third-order valence-corrected chi connectivity index (χ3v) is 4.96. The summed E-state index contributed by atoms with van der Waals surface area (Å²) in [6, 6.07) is 0. The summed E-state index contributed by atoms with van der Waals surface area (Å²) < 4.78 is 24.6. The van der Waals surface area contributed by atoms with Gasteiger partial charge in [-0.1, -0.05) is 0 Å². The van der Waals surface area contributed by atoms with Gasteiger partial charge in [-0.05, 0) is 25.7 Å². The topological polar surface area (TPSA) is 114 Å². The Morgan fingerprint density at radius 2 is 0.926 bits per heavy atom. The molecule has 0 aromatic carbocycles. The second-order valence-electron chi connectivity index (χ2n) is 6.72. The first kappa shape index (κ1) is 21.1. The Morgan fingerprint density at radius 3 is 1.26 bits per heavy atom. The first-order chi connectivity index (χ1) is 13.0. The van der Waals surface area contributed by atoms with E-state index >= 15 is 0 Å². The van der Waals surface area contributed by atoms with Gasteiger partial charge in [0, 0.05) is 0 Å². The van der Waals surface area contributed by atoms with Crippen LogP contribution in [0.25, 0.3) is 0 Å². The van der Waals surface area contributed by atoms with Crippen LogP contribution in [0.15, 0.2) is 0 Å². The van der Waals surface area contributed by atoms with Gasteiger partial charge in [-0.2, -0.15) is 0 Å². The van der Waals surface area contributed by atoms with Crippen LogP contribution in [0.3, 0.4) is 0 Å². The van der Waals surface area contributed by atoms with Gasteiger partial charge in [-0.15, -0.1) is 0 Å². The van der Waals surface area contributed by atoms with Crippen molar-refractivity contribution in [1.29, 1.82) is 0 Å². The molecular weight excluding hydrogens is 360 g/mol. The van der Waals surface area contributed by atoms with Gasteiger partial charge < -0.3 is 23.7 Å². The zero-order valence-corrected chi connectivity index (χ0v) is 15.6. The number of ether oxygens (including phenoxy) is 5. The van der Waals surface area contributed by atoms with Gasteiger partial charge in [0.2, 0.25) is 0 Å². The Hall–Kier alpha value is -2.16. The van der Waals surface area contributed by atoms with E-state index in [2.05, 4.69) is 9.47 Å². The second-order valence-corrected chi connectivity index (χ2v) is 6.72. The standard InChI is InChI=1S/C18H26O9/c1-23-15(19)11-7-13(8-11)17(21)26-5-3-25-4-6-27-18(22)14-9-12(10-14)16(20)24-2/h11-14H,3-10H2,1-2H3. The lowest BCUT2D eigenvalue weighted by atomic mass is 9.75. The molecule has 0 amide bonds. The Morgan fingerprint density at radius 1 is 0.593 bits per heavy atom. The lowest BCUT2D eigenvalue weighted by Crippen LogP contribution is -2.37. The first-order valence-electron chi connectivity index (χ1n) is 9.02. The zero-order valence-electron chi connectivity index (χ0n) is 15.6. The Bertz CT molecular complexity index is 499. The highest BCUT2D eigenvalue weighted by Crippen LogP contribution is 2.36. The molecule has 0 aliphatic heterocycles. The SMILES string of the molecule is COC(=O)C1CC(C(=O)OCCOCCOC(=O)C2CC(C(=O)OC)C2)C1. The van der Waals surface area contributed by atoms with E-state index in [1.54, 1.807) is 0 Å². The van der Waals surface area contributed by atoms with Crippen molar-refractivity contribution in [3.63, 3.8) is 0 Å². The van der Waals surface area contributed by atoms with Gasteiger partial charge in [0.25, 0.3) is 0 Å². The lowest BCUT2D eigenvalue weighted by molar-refractivity contribution is -0.161. The van der Waals surface area contributed by atoms with E-state index in [9.17, 15) is 19.2 Å². The predicted octanol–water partition coefficient (Wildman–Crippen LogP) is 0.488. The van der Waals surface area contributed by atoms with E-state index in [1.165, 1.54) is 14.2 Å². The Kier molecular flexibility index (Phi) is 8.02. The molecule has 2 rings (SSSR count). The molecule has 2 fully saturated rings. The van der Waals surface area contributed by atoms with Gasteiger partial charge in [-0.25, -0.2) is 0 Å². The fraction of sp³-hybridized carbons (Fsp3) is 0.778. The average Bonchev–Trinajstić information content (AvgIpc) is 2.57. The molecule has 9 nitrogen and oxygen atoms in total. The summed E-state index contributed by atoms with van der Waals surface area (Å²) in [6.45, 7) is 0.611. The molecule has 27 heavy (non-hydrogen) atoms. The van der Waals surface area contributed by atoms with Crippen molar-refractivity contribution in [2.75, 3.05) is 40.6 Å². The number of rotatable bonds is 10. The van der Waals surface area contributed by atoms with E-state index in [1.807, 2.05) is 0 Å². The highest BCUT2D eigenvalue weighted by molar-refractivity contribution is 5.80. The molecule has 0 aromatic heterocycles. The molecule has 152 valence electrons. The summed E-state index contributed by atoms with van der Waals surface area (Å²) in [5.41, 5.74) is 0. The van der Waals surface area contributed by atoms with E-state index in [0.717, 1.165) is 0 Å². The highest BCUT2D eigenvalue weighted by Gasteiger charge is 2.41. The van der Waals surface area contributed by atoms with Crippen LogP contribution in [-0.2, 0) is 42.9 Å². The molecular formula is C18H26O9. The molecule has 2 saturated carbocycles. The lowest BCUT2D eigenvalue weighted by Gasteiger charge is -2.31. The summed E-state index contributed by atoms with van der Waals surface area (Å²) in [5.74, 6) is -2.20. The van der Waals surface area contributed by atoms with Crippen molar-refractivity contribution in [3.05, 3.63) is 0 Å². The molecule has 9 heteroatoms. The van der Waals surface area contributed by atoms with Crippen molar-refractivity contribution in [3.8, 4) is 0 Å². The molecule has 0 atom stereocenters. The molecule has 2 aliphatic rings. The minimum atomic E-state index is -0.338. The summed E-state index contributed by atoms with van der Waals surface area (Å²) in [7, 11) is 2.65. The second kappa shape index (κ2) is 10.2. The van der Waals surface area contributed by atoms with Crippen LogP contribution in [0, 0.1) is 23.7 Å². The smallest absolute Gasteiger partial charge is 0.309 e. The van der Waals surface area contributed by atoms with Crippen LogP contribution in [0.2, 0.25) is 0 Å². The number of carbonyl (C=O) groups is 4. The number of hydrogen-bond donors (Lipinski definition) is 0. The van der Waals surface area contributed by atoms with Crippen LogP contribution in [0.1, 0.15) is 25.7 Å². The average molecular weight is 386 g/mol. The largest absolute Gasteiger partial charge is 0.469 e. The highest BCUT2D eigenvalue weighted by atomic mass is 16.6. The maximum Gasteiger partial charge on any atom is 0.309 e. The maximum absolute atomic E-state index is 11.7. The number of hydrogen-bond acceptors (Lipinski definition) is 9. The quantitative estimate of drug-likeness (QED) is 0.300. The van der Waals surface area contributed by atoms with Gasteiger partial charge >= 0.3 is 23.9 Å². The van der Waals surface area contributed by atoms with Crippen molar-refractivity contribution >= 4 is 23.9 Å². The monoisotopic (exact) mass is 386 g/mol. The molecule has 0 saturated heterocycles. The Balaban J connectivity index is 1.42. The minimum Gasteiger partial charge on any atom is -0.469 e. The molecule has 0 N–H and O–H groups in total. The zero-order chi connectivity index (χ0) is 19.8. The van der Waals surface area contributed by atoms with Crippen LogP contribution in [0.4, 0.5) is 0 Å². The van der Waals surface area contributed by atoms with Crippen molar-refractivity contribution in [1.82, 2.24) is 0 Å². The fourth-order valence-electron chi connectivity index (χ4n) is 3.08. The Labute approximate surface area is 157 Å². The number of esters is 4. The molecule has 2 aliphatic carbocycles. The van der Waals surface area contributed by atoms with Gasteiger partial charge in [0.15, 0.2) is 0 Å². The van der Waals surface area contributed by atoms with Gasteiger partial charge in [0.05, 0.1) is 51.1 Å². The van der Waals surface area contributed by atoms with Crippen LogP contribution in [0.5, 0.6) is 0 Å². The molecule has 0 radical (unpaired) electrons. The van der Waals surface area contributed by atoms with Crippen molar-refractivity contribution in [2.24, 2.45) is 23.7 Å². The van der Waals surface area contributed by atoms with Crippen molar-refractivity contribution < 1.29 is 42.9 Å². The van der Waals surface area contributed by atoms with E-state index in [4.69, 9.17) is 14.2 Å². The van der Waals surface area contributed by atoms with Crippen LogP contribution < -0.4 is 0 Å². The normalized spacial score (nSPS) is 26.1. The number of methoxy groups -OCH3 is 2. The summed E-state index contributed by atoms with van der Waals surface area (Å²) in [4.78, 5) is 46.0. The minimum absolute atomic E-state index is 0.107. The predicted molar refractivity (Wildman–Crippen MR) is 89.2 cm³/mol. The van der Waals surface area contributed by atoms with Gasteiger partial charge in [-0.3, -0.25) is 19.2 Å². The summed E-state index contributed by atoms with van der Waals surface area (Å²) >= 11 is 0. The van der Waals surface area contributed by atoms with E-state index in [0.29, 0.717) is 25.7 Å². The van der Waals surface area contributed by atoms with E-state index in [-0.39, 0.29) is 74.0 Å². The summed E-state index contributed by atoms with van der Waals surface area (Å²) in [6.07, 6.45) is 1.83. The molecule has 0 aromatic rings. The van der Waals surface area contributed by atoms with Crippen LogP contribution in [-0.4, -0.2) is 64.5 Å². The number of carbonyl (C=O) groups excluding carboxylic acids is 4. The molecule has 0 bridgehead atoms. The fourth-order valence-corrected chi connectivity index (χ4v) is 3.08. The summed E-state index contributed by atoms with van der Waals surface area (Å²) in [5, 5.41) is 0. The third-order valence-electron chi connectivity index (χ3n) is 4.96.